The summed E-state index contributed by atoms with van der Waals surface area (Å²) in [6.07, 6.45) is 5.08. The van der Waals surface area contributed by atoms with E-state index in [1.807, 2.05) is 39.1 Å². The van der Waals surface area contributed by atoms with E-state index in [-0.39, 0.29) is 18.2 Å². The molecule has 3 fully saturated rings. The van der Waals surface area contributed by atoms with Crippen LogP contribution in [0.4, 0.5) is 4.79 Å². The van der Waals surface area contributed by atoms with Crippen LogP contribution in [0.25, 0.3) is 32.9 Å². The van der Waals surface area contributed by atoms with Crippen molar-refractivity contribution in [3.63, 3.8) is 0 Å². The molecule has 2 aromatic heterocycles. The van der Waals surface area contributed by atoms with Gasteiger partial charge in [-0.15, -0.1) is 0 Å². The molecule has 3 atom stereocenters. The number of nitrogens with zero attached hydrogens (tertiary/aromatic N) is 5. The third-order valence-electron chi connectivity index (χ3n) is 9.31. The van der Waals surface area contributed by atoms with E-state index in [0.29, 0.717) is 36.7 Å². The van der Waals surface area contributed by atoms with E-state index in [4.69, 9.17) is 28.9 Å². The van der Waals surface area contributed by atoms with E-state index < -0.39 is 24.0 Å². The maximum atomic E-state index is 13.8. The molecular formula is C35H45N7O5. The maximum absolute atomic E-state index is 13.8. The summed E-state index contributed by atoms with van der Waals surface area (Å²) < 4.78 is 24.9. The molecule has 2 aromatic carbocycles. The zero-order chi connectivity index (χ0) is 32.9. The number of amides is 1. The van der Waals surface area contributed by atoms with Crippen LogP contribution in [0.1, 0.15) is 63.8 Å². The number of carbonyl (C=O) groups is 1. The summed E-state index contributed by atoms with van der Waals surface area (Å²) in [6.45, 7) is 10.1. The first-order chi connectivity index (χ1) is 22.6. The van der Waals surface area contributed by atoms with Gasteiger partial charge in [-0.25, -0.2) is 4.79 Å². The lowest BCUT2D eigenvalue weighted by Crippen LogP contribution is -2.57. The lowest BCUT2D eigenvalue weighted by Gasteiger charge is -2.41. The van der Waals surface area contributed by atoms with Gasteiger partial charge < -0.3 is 29.2 Å². The van der Waals surface area contributed by atoms with E-state index in [2.05, 4.69) is 46.5 Å². The summed E-state index contributed by atoms with van der Waals surface area (Å²) in [6, 6.07) is 8.27. The molecule has 1 aliphatic carbocycles. The van der Waals surface area contributed by atoms with Crippen molar-refractivity contribution in [3.8, 4) is 22.9 Å². The van der Waals surface area contributed by atoms with Crippen LogP contribution in [0.3, 0.4) is 0 Å². The highest BCUT2D eigenvalue weighted by atomic mass is 16.6. The highest BCUT2D eigenvalue weighted by Gasteiger charge is 2.40. The van der Waals surface area contributed by atoms with E-state index in [0.717, 1.165) is 65.2 Å². The largest absolute Gasteiger partial charge is 0.487 e. The standard InChI is InChI=1S/C35H45N7O5/c1-20-9-14-26-25(16-37-40-26)29(20)23-12-13-24-30(27-17-36-18-28(44-6)42(27)34(43)47-35(2,3)4)38-33(45-19-21-8-7-15-41(21)5)39-31(24)32(23)46-22-10-11-22/h9,12-14,16,21-22,27-28,36H,7-8,10-11,15,17-19H2,1-6H3,(H,37,40)/t21-,27?,28?/m0/s1. The van der Waals surface area contributed by atoms with Crippen LogP contribution in [0.2, 0.25) is 0 Å². The zero-order valence-electron chi connectivity index (χ0n) is 28.1. The van der Waals surface area contributed by atoms with Gasteiger partial charge in [0, 0.05) is 42.6 Å². The first-order valence-electron chi connectivity index (χ1n) is 16.6. The molecular weight excluding hydrogens is 598 g/mol. The number of fused-ring (bicyclic) bond motifs is 2. The molecule has 2 aliphatic heterocycles. The lowest BCUT2D eigenvalue weighted by atomic mass is 9.94. The number of ether oxygens (including phenoxy) is 4. The Bertz CT molecular complexity index is 1780. The van der Waals surface area contributed by atoms with Crippen molar-refractivity contribution in [2.75, 3.05) is 40.4 Å². The number of rotatable bonds is 8. The molecule has 1 saturated carbocycles. The number of piperazine rings is 1. The SMILES string of the molecule is COC1CNCC(c2nc(OC[C@@H]3CCCN3C)nc3c(OC4CC4)c(-c4c(C)ccc5[nH]ncc45)ccc23)N1C(=O)OC(C)(C)C. The normalized spacial score (nSPS) is 22.3. The quantitative estimate of drug-likeness (QED) is 0.260. The van der Waals surface area contributed by atoms with Crippen LogP contribution in [-0.4, -0.2) is 100 Å². The second kappa shape index (κ2) is 12.6. The predicted molar refractivity (Wildman–Crippen MR) is 179 cm³/mol. The topological polar surface area (TPSA) is 127 Å². The average Bonchev–Trinajstić information content (AvgIpc) is 3.56. The minimum Gasteiger partial charge on any atom is -0.487 e. The smallest absolute Gasteiger partial charge is 0.413 e. The summed E-state index contributed by atoms with van der Waals surface area (Å²) in [5, 5.41) is 12.7. The maximum Gasteiger partial charge on any atom is 0.413 e. The minimum atomic E-state index is -0.688. The fourth-order valence-electron chi connectivity index (χ4n) is 6.73. The molecule has 2 saturated heterocycles. The zero-order valence-corrected chi connectivity index (χ0v) is 28.1. The van der Waals surface area contributed by atoms with Crippen molar-refractivity contribution in [1.82, 2.24) is 35.3 Å². The number of methoxy groups -OCH3 is 1. The molecule has 0 bridgehead atoms. The minimum absolute atomic E-state index is 0.102. The number of aromatic amines is 1. The van der Waals surface area contributed by atoms with Gasteiger partial charge >= 0.3 is 12.1 Å². The fraction of sp³-hybridized carbons (Fsp3) is 0.543. The molecule has 12 nitrogen and oxygen atoms in total. The van der Waals surface area contributed by atoms with Crippen LogP contribution < -0.4 is 14.8 Å². The summed E-state index contributed by atoms with van der Waals surface area (Å²) in [7, 11) is 3.72. The molecule has 7 rings (SSSR count). The van der Waals surface area contributed by atoms with Gasteiger partial charge in [0.25, 0.3) is 0 Å². The van der Waals surface area contributed by atoms with Crippen molar-refractivity contribution in [2.45, 2.75) is 83.4 Å². The van der Waals surface area contributed by atoms with Gasteiger partial charge in [-0.2, -0.15) is 15.1 Å². The Labute approximate surface area is 275 Å². The van der Waals surface area contributed by atoms with Crippen molar-refractivity contribution in [1.29, 1.82) is 0 Å². The Morgan fingerprint density at radius 1 is 1.06 bits per heavy atom. The third-order valence-corrected chi connectivity index (χ3v) is 9.31. The van der Waals surface area contributed by atoms with E-state index in [1.54, 1.807) is 12.0 Å². The fourth-order valence-corrected chi connectivity index (χ4v) is 6.73. The number of benzene rings is 2. The number of carbonyl (C=O) groups excluding carboxylic acids is 1. The van der Waals surface area contributed by atoms with Gasteiger partial charge in [-0.05, 0) is 96.3 Å². The van der Waals surface area contributed by atoms with Crippen LogP contribution in [0, 0.1) is 6.92 Å². The molecule has 12 heteroatoms. The van der Waals surface area contributed by atoms with Crippen molar-refractivity contribution in [2.24, 2.45) is 0 Å². The van der Waals surface area contributed by atoms with Gasteiger partial charge in [-0.1, -0.05) is 6.07 Å². The predicted octanol–water partition coefficient (Wildman–Crippen LogP) is 5.35. The van der Waals surface area contributed by atoms with Gasteiger partial charge in [0.15, 0.2) is 5.75 Å². The van der Waals surface area contributed by atoms with Crippen LogP contribution in [0.5, 0.6) is 11.8 Å². The second-order valence-electron chi connectivity index (χ2n) is 14.0. The molecule has 0 radical (unpaired) electrons. The number of nitrogens with one attached hydrogen (secondary N) is 2. The van der Waals surface area contributed by atoms with E-state index >= 15 is 0 Å². The summed E-state index contributed by atoms with van der Waals surface area (Å²) >= 11 is 0. The molecule has 0 spiro atoms. The third kappa shape index (κ3) is 6.33. The average molecular weight is 644 g/mol. The lowest BCUT2D eigenvalue weighted by molar-refractivity contribution is -0.0793. The summed E-state index contributed by atoms with van der Waals surface area (Å²) in [4.78, 5) is 27.9. The number of likely N-dealkylation sites (tertiary alicyclic amines) is 1. The molecule has 47 heavy (non-hydrogen) atoms. The molecule has 250 valence electrons. The second-order valence-corrected chi connectivity index (χ2v) is 14.0. The van der Waals surface area contributed by atoms with Crippen LogP contribution in [0.15, 0.2) is 30.5 Å². The van der Waals surface area contributed by atoms with Gasteiger partial charge in [0.05, 0.1) is 29.6 Å². The van der Waals surface area contributed by atoms with E-state index in [1.165, 1.54) is 0 Å². The number of H-pyrrole nitrogens is 1. The molecule has 2 N–H and O–H groups in total. The van der Waals surface area contributed by atoms with Crippen LogP contribution in [-0.2, 0) is 9.47 Å². The Morgan fingerprint density at radius 3 is 2.62 bits per heavy atom. The van der Waals surface area contributed by atoms with Gasteiger partial charge in [0.1, 0.15) is 24.0 Å². The Balaban J connectivity index is 1.42. The number of likely N-dealkylation sites (N-methyl/N-ethyl adjacent to an activating group) is 1. The first-order valence-corrected chi connectivity index (χ1v) is 16.6. The molecule has 2 unspecified atom stereocenters. The van der Waals surface area contributed by atoms with Gasteiger partial charge in [-0.3, -0.25) is 10.00 Å². The summed E-state index contributed by atoms with van der Waals surface area (Å²) in [5.41, 5.74) is 4.63. The first kappa shape index (κ1) is 31.6. The van der Waals surface area contributed by atoms with Crippen molar-refractivity contribution in [3.05, 3.63) is 41.7 Å². The van der Waals surface area contributed by atoms with E-state index in [9.17, 15) is 4.79 Å². The molecule has 1 amide bonds. The molecule has 3 aliphatic rings. The van der Waals surface area contributed by atoms with Crippen molar-refractivity contribution < 1.29 is 23.7 Å². The monoisotopic (exact) mass is 643 g/mol. The Morgan fingerprint density at radius 2 is 1.89 bits per heavy atom. The Hall–Kier alpha value is -4.00. The number of hydrogen-bond donors (Lipinski definition) is 2. The van der Waals surface area contributed by atoms with Crippen LogP contribution >= 0.6 is 0 Å². The van der Waals surface area contributed by atoms with Crippen molar-refractivity contribution >= 4 is 27.9 Å². The number of aryl methyl sites for hydroxylation is 1. The highest BCUT2D eigenvalue weighted by Crippen LogP contribution is 2.45. The molecule has 4 aromatic rings. The van der Waals surface area contributed by atoms with Gasteiger partial charge in [0.2, 0.25) is 0 Å². The summed E-state index contributed by atoms with van der Waals surface area (Å²) in [5.74, 6) is 0.684. The number of aromatic nitrogens is 4. The Kier molecular flexibility index (Phi) is 8.44. The molecule has 4 heterocycles. The number of hydrogen-bond acceptors (Lipinski definition) is 10. The highest BCUT2D eigenvalue weighted by molar-refractivity contribution is 6.02.